The fourth-order valence-corrected chi connectivity index (χ4v) is 2.05. The second-order valence-corrected chi connectivity index (χ2v) is 4.76. The Kier molecular flexibility index (Phi) is 3.92. The van der Waals surface area contributed by atoms with Crippen molar-refractivity contribution in [2.75, 3.05) is 0 Å². The molecule has 0 saturated heterocycles. The van der Waals surface area contributed by atoms with Crippen LogP contribution in [0.1, 0.15) is 16.1 Å². The van der Waals surface area contributed by atoms with Gasteiger partial charge in [-0.25, -0.2) is 18.2 Å². The van der Waals surface area contributed by atoms with E-state index in [-0.39, 0.29) is 6.54 Å². The van der Waals surface area contributed by atoms with Crippen LogP contribution in [0.2, 0.25) is 0 Å². The molecule has 0 fully saturated rings. The van der Waals surface area contributed by atoms with Crippen LogP contribution in [-0.2, 0) is 6.54 Å². The van der Waals surface area contributed by atoms with Crippen LogP contribution in [-0.4, -0.2) is 15.9 Å². The van der Waals surface area contributed by atoms with Gasteiger partial charge in [0, 0.05) is 0 Å². The van der Waals surface area contributed by atoms with Crippen LogP contribution in [0.4, 0.5) is 13.2 Å². The third-order valence-corrected chi connectivity index (χ3v) is 3.21. The number of benzene rings is 2. The van der Waals surface area contributed by atoms with Crippen LogP contribution in [0, 0.1) is 17.5 Å². The van der Waals surface area contributed by atoms with Gasteiger partial charge in [-0.2, -0.15) is 0 Å². The molecule has 2 aromatic carbocycles. The van der Waals surface area contributed by atoms with Gasteiger partial charge in [-0.1, -0.05) is 12.1 Å². The van der Waals surface area contributed by atoms with Crippen molar-refractivity contribution in [2.24, 2.45) is 0 Å². The van der Waals surface area contributed by atoms with E-state index in [2.05, 4.69) is 15.3 Å². The Hall–Kier alpha value is -2.96. The summed E-state index contributed by atoms with van der Waals surface area (Å²) in [7, 11) is 0. The van der Waals surface area contributed by atoms with Crippen LogP contribution >= 0.6 is 0 Å². The van der Waals surface area contributed by atoms with E-state index in [1.54, 1.807) is 18.2 Å². The highest BCUT2D eigenvalue weighted by molar-refractivity contribution is 5.94. The number of para-hydroxylation sites is 2. The first-order chi connectivity index (χ1) is 11.1. The predicted octanol–water partition coefficient (Wildman–Crippen LogP) is 2.98. The Morgan fingerprint density at radius 3 is 2.52 bits per heavy atom. The number of carbonyl (C=O) groups excluding carboxylic acids is 1. The topological polar surface area (TPSA) is 54.9 Å². The molecule has 0 aliphatic rings. The standard InChI is InChI=1S/C16H10F3N3O/c17-11-6-5-10(14(18)15(11)19)16(23)21-8-9-7-20-12-3-1-2-4-13(12)22-9/h1-7H,8H2,(H,21,23). The van der Waals surface area contributed by atoms with E-state index in [1.165, 1.54) is 6.20 Å². The van der Waals surface area contributed by atoms with Crippen molar-refractivity contribution in [1.82, 2.24) is 15.3 Å². The summed E-state index contributed by atoms with van der Waals surface area (Å²) in [5, 5.41) is 2.40. The zero-order valence-corrected chi connectivity index (χ0v) is 11.7. The molecule has 0 bridgehead atoms. The van der Waals surface area contributed by atoms with Crippen LogP contribution in [0.25, 0.3) is 11.0 Å². The SMILES string of the molecule is O=C(NCc1cnc2ccccc2n1)c1ccc(F)c(F)c1F. The Labute approximate surface area is 129 Å². The number of rotatable bonds is 3. The number of hydrogen-bond acceptors (Lipinski definition) is 3. The van der Waals surface area contributed by atoms with Crippen molar-refractivity contribution < 1.29 is 18.0 Å². The van der Waals surface area contributed by atoms with Crippen molar-refractivity contribution >= 4 is 16.9 Å². The lowest BCUT2D eigenvalue weighted by molar-refractivity contribution is 0.0945. The minimum Gasteiger partial charge on any atom is -0.346 e. The van der Waals surface area contributed by atoms with Crippen molar-refractivity contribution in [3.05, 3.63) is 71.3 Å². The number of aromatic nitrogens is 2. The minimum atomic E-state index is -1.68. The molecular weight excluding hydrogens is 307 g/mol. The second-order valence-electron chi connectivity index (χ2n) is 4.76. The molecule has 3 rings (SSSR count). The summed E-state index contributed by atoms with van der Waals surface area (Å²) in [5.41, 5.74) is 1.24. The Morgan fingerprint density at radius 1 is 1.00 bits per heavy atom. The van der Waals surface area contributed by atoms with E-state index in [0.717, 1.165) is 6.07 Å². The molecule has 1 amide bonds. The minimum absolute atomic E-state index is 0.0187. The number of nitrogens with one attached hydrogen (secondary N) is 1. The van der Waals surface area contributed by atoms with Crippen molar-refractivity contribution in [2.45, 2.75) is 6.54 Å². The highest BCUT2D eigenvalue weighted by Gasteiger charge is 2.18. The highest BCUT2D eigenvalue weighted by Crippen LogP contribution is 2.15. The van der Waals surface area contributed by atoms with Crippen molar-refractivity contribution in [3.63, 3.8) is 0 Å². The molecule has 0 atom stereocenters. The fraction of sp³-hybridized carbons (Fsp3) is 0.0625. The molecule has 0 radical (unpaired) electrons. The zero-order valence-electron chi connectivity index (χ0n) is 11.7. The first-order valence-electron chi connectivity index (χ1n) is 6.68. The monoisotopic (exact) mass is 317 g/mol. The summed E-state index contributed by atoms with van der Waals surface area (Å²) in [6, 6.07) is 8.77. The molecule has 0 unspecified atom stereocenters. The van der Waals surface area contributed by atoms with E-state index < -0.39 is 28.9 Å². The Balaban J connectivity index is 1.77. The van der Waals surface area contributed by atoms with E-state index >= 15 is 0 Å². The molecule has 1 aromatic heterocycles. The smallest absolute Gasteiger partial charge is 0.254 e. The third-order valence-electron chi connectivity index (χ3n) is 3.21. The quantitative estimate of drug-likeness (QED) is 0.756. The van der Waals surface area contributed by atoms with Gasteiger partial charge in [0.05, 0.1) is 35.0 Å². The van der Waals surface area contributed by atoms with Gasteiger partial charge in [-0.05, 0) is 24.3 Å². The molecule has 0 aliphatic carbocycles. The first-order valence-corrected chi connectivity index (χ1v) is 6.68. The molecule has 1 N–H and O–H groups in total. The number of hydrogen-bond donors (Lipinski definition) is 1. The van der Waals surface area contributed by atoms with Gasteiger partial charge in [0.2, 0.25) is 0 Å². The van der Waals surface area contributed by atoms with Gasteiger partial charge in [0.25, 0.3) is 5.91 Å². The van der Waals surface area contributed by atoms with E-state index in [4.69, 9.17) is 0 Å². The first kappa shape index (κ1) is 15.0. The molecule has 0 spiro atoms. The Morgan fingerprint density at radius 2 is 1.74 bits per heavy atom. The summed E-state index contributed by atoms with van der Waals surface area (Å²) in [5.74, 6) is -5.41. The largest absolute Gasteiger partial charge is 0.346 e. The number of halogens is 3. The summed E-state index contributed by atoms with van der Waals surface area (Å²) in [6.45, 7) is -0.0187. The van der Waals surface area contributed by atoms with Crippen LogP contribution in [0.3, 0.4) is 0 Å². The molecule has 116 valence electrons. The average molecular weight is 317 g/mol. The van der Waals surface area contributed by atoms with E-state index in [1.807, 2.05) is 6.07 Å². The second kappa shape index (κ2) is 6.04. The molecule has 23 heavy (non-hydrogen) atoms. The molecule has 0 saturated carbocycles. The predicted molar refractivity (Wildman–Crippen MR) is 77.0 cm³/mol. The van der Waals surface area contributed by atoms with Crippen molar-refractivity contribution in [3.8, 4) is 0 Å². The number of fused-ring (bicyclic) bond motifs is 1. The summed E-state index contributed by atoms with van der Waals surface area (Å²) in [4.78, 5) is 20.3. The lowest BCUT2D eigenvalue weighted by Crippen LogP contribution is -2.25. The molecule has 0 aliphatic heterocycles. The van der Waals surface area contributed by atoms with E-state index in [9.17, 15) is 18.0 Å². The zero-order chi connectivity index (χ0) is 16.4. The summed E-state index contributed by atoms with van der Waals surface area (Å²) in [6.07, 6.45) is 1.48. The van der Waals surface area contributed by atoms with Crippen molar-refractivity contribution in [1.29, 1.82) is 0 Å². The van der Waals surface area contributed by atoms with E-state index in [0.29, 0.717) is 22.8 Å². The summed E-state index contributed by atoms with van der Waals surface area (Å²) >= 11 is 0. The molecular formula is C16H10F3N3O. The van der Waals surface area contributed by atoms with Crippen LogP contribution in [0.5, 0.6) is 0 Å². The van der Waals surface area contributed by atoms with Gasteiger partial charge in [0.15, 0.2) is 17.5 Å². The number of amides is 1. The number of nitrogens with zero attached hydrogens (tertiary/aromatic N) is 2. The normalized spacial score (nSPS) is 10.7. The maximum atomic E-state index is 13.5. The maximum absolute atomic E-state index is 13.5. The molecule has 4 nitrogen and oxygen atoms in total. The van der Waals surface area contributed by atoms with Gasteiger partial charge >= 0.3 is 0 Å². The highest BCUT2D eigenvalue weighted by atomic mass is 19.2. The third kappa shape index (κ3) is 2.98. The fourth-order valence-electron chi connectivity index (χ4n) is 2.05. The van der Waals surface area contributed by atoms with Crippen LogP contribution in [0.15, 0.2) is 42.6 Å². The van der Waals surface area contributed by atoms with Gasteiger partial charge < -0.3 is 5.32 Å². The average Bonchev–Trinajstić information content (AvgIpc) is 2.57. The molecule has 7 heteroatoms. The lowest BCUT2D eigenvalue weighted by Gasteiger charge is -2.07. The maximum Gasteiger partial charge on any atom is 0.254 e. The summed E-state index contributed by atoms with van der Waals surface area (Å²) < 4.78 is 39.5. The lowest BCUT2D eigenvalue weighted by atomic mass is 10.2. The Bertz CT molecular complexity index is 899. The van der Waals surface area contributed by atoms with Crippen LogP contribution < -0.4 is 5.32 Å². The number of carbonyl (C=O) groups is 1. The van der Waals surface area contributed by atoms with Gasteiger partial charge in [-0.15, -0.1) is 0 Å². The van der Waals surface area contributed by atoms with Gasteiger partial charge in [0.1, 0.15) is 0 Å². The van der Waals surface area contributed by atoms with Gasteiger partial charge in [-0.3, -0.25) is 9.78 Å². The molecule has 3 aromatic rings. The molecule has 1 heterocycles.